The van der Waals surface area contributed by atoms with Crippen molar-refractivity contribution in [3.05, 3.63) is 65.2 Å². The minimum absolute atomic E-state index is 0.0352. The summed E-state index contributed by atoms with van der Waals surface area (Å²) in [6.07, 6.45) is 4.66. The van der Waals surface area contributed by atoms with E-state index in [0.717, 1.165) is 18.4 Å². The molecule has 0 saturated carbocycles. The lowest BCUT2D eigenvalue weighted by Gasteiger charge is -2.20. The van der Waals surface area contributed by atoms with Gasteiger partial charge in [0.05, 0.1) is 16.7 Å². The van der Waals surface area contributed by atoms with Crippen molar-refractivity contribution in [2.24, 2.45) is 0 Å². The Morgan fingerprint density at radius 1 is 1.04 bits per heavy atom. The van der Waals surface area contributed by atoms with Gasteiger partial charge in [0.2, 0.25) is 5.91 Å². The van der Waals surface area contributed by atoms with Crippen LogP contribution in [0.1, 0.15) is 48.9 Å². The lowest BCUT2D eigenvalue weighted by Crippen LogP contribution is -2.28. The highest BCUT2D eigenvalue weighted by Gasteiger charge is 2.18. The molecule has 0 aromatic heterocycles. The third-order valence-electron chi connectivity index (χ3n) is 4.95. The first-order valence-corrected chi connectivity index (χ1v) is 10.8. The average molecular weight is 372 g/mol. The Balaban J connectivity index is 1.58. The zero-order valence-corrected chi connectivity index (χ0v) is 15.9. The summed E-state index contributed by atoms with van der Waals surface area (Å²) in [6, 6.07) is 14.5. The topological polar surface area (TPSA) is 63.2 Å². The van der Waals surface area contributed by atoms with E-state index in [1.165, 1.54) is 24.0 Å². The van der Waals surface area contributed by atoms with Crippen molar-refractivity contribution >= 4 is 15.7 Å². The largest absolute Gasteiger partial charge is 0.350 e. The minimum Gasteiger partial charge on any atom is -0.350 e. The zero-order valence-electron chi connectivity index (χ0n) is 15.1. The second-order valence-electron chi connectivity index (χ2n) is 6.91. The molecule has 0 fully saturated rings. The Labute approximate surface area is 155 Å². The summed E-state index contributed by atoms with van der Waals surface area (Å²) in [7, 11) is -3.43. The lowest BCUT2D eigenvalue weighted by molar-refractivity contribution is -0.121. The van der Waals surface area contributed by atoms with Crippen molar-refractivity contribution in [3.8, 4) is 0 Å². The van der Waals surface area contributed by atoms with Crippen LogP contribution in [0.3, 0.4) is 0 Å². The molecule has 26 heavy (non-hydrogen) atoms. The molecule has 0 saturated heterocycles. The van der Waals surface area contributed by atoms with Crippen molar-refractivity contribution in [3.63, 3.8) is 0 Å². The van der Waals surface area contributed by atoms with Crippen LogP contribution in [0.15, 0.2) is 53.4 Å². The monoisotopic (exact) mass is 371 g/mol. The molecular weight excluding hydrogens is 346 g/mol. The second-order valence-corrected chi connectivity index (χ2v) is 9.02. The highest BCUT2D eigenvalue weighted by Crippen LogP contribution is 2.24. The standard InChI is InChI=1S/C21H25NO3S/c1-16(18-12-11-17-7-5-6-8-19(17)15-18)22-21(23)13-14-26(24,25)20-9-3-2-4-10-20/h2-4,9-12,15-16H,5-8,13-14H2,1H3,(H,22,23)/t16-/m0/s1. The molecule has 0 radical (unpaired) electrons. The molecule has 1 aliphatic rings. The quantitative estimate of drug-likeness (QED) is 0.844. The van der Waals surface area contributed by atoms with Crippen molar-refractivity contribution < 1.29 is 13.2 Å². The van der Waals surface area contributed by atoms with Crippen LogP contribution in [0.5, 0.6) is 0 Å². The first-order chi connectivity index (χ1) is 12.5. The summed E-state index contributed by atoms with van der Waals surface area (Å²) in [5.74, 6) is -0.422. The van der Waals surface area contributed by atoms with Gasteiger partial charge in [-0.3, -0.25) is 4.79 Å². The van der Waals surface area contributed by atoms with Gasteiger partial charge in [-0.2, -0.15) is 0 Å². The second kappa shape index (κ2) is 8.04. The smallest absolute Gasteiger partial charge is 0.221 e. The van der Waals surface area contributed by atoms with Crippen molar-refractivity contribution in [2.45, 2.75) is 50.0 Å². The molecule has 5 heteroatoms. The molecule has 0 bridgehead atoms. The Morgan fingerprint density at radius 3 is 2.46 bits per heavy atom. The number of carbonyl (C=O) groups excluding carboxylic acids is 1. The van der Waals surface area contributed by atoms with Gasteiger partial charge in [0, 0.05) is 6.42 Å². The van der Waals surface area contributed by atoms with E-state index in [-0.39, 0.29) is 29.0 Å². The first-order valence-electron chi connectivity index (χ1n) is 9.14. The maximum Gasteiger partial charge on any atom is 0.221 e. The summed E-state index contributed by atoms with van der Waals surface area (Å²) in [5, 5.41) is 2.92. The number of rotatable bonds is 6. The molecule has 4 nitrogen and oxygen atoms in total. The van der Waals surface area contributed by atoms with Gasteiger partial charge in [-0.25, -0.2) is 8.42 Å². The molecule has 0 heterocycles. The van der Waals surface area contributed by atoms with E-state index in [2.05, 4.69) is 23.5 Å². The van der Waals surface area contributed by atoms with E-state index >= 15 is 0 Å². The fraction of sp³-hybridized carbons (Fsp3) is 0.381. The number of benzene rings is 2. The van der Waals surface area contributed by atoms with Crippen LogP contribution in [0, 0.1) is 0 Å². The minimum atomic E-state index is -3.43. The third kappa shape index (κ3) is 4.52. The predicted octanol–water partition coefficient (Wildman–Crippen LogP) is 3.61. The third-order valence-corrected chi connectivity index (χ3v) is 6.68. The molecular formula is C21H25NO3S. The molecule has 138 valence electrons. The Bertz CT molecular complexity index is 875. The highest BCUT2D eigenvalue weighted by molar-refractivity contribution is 7.91. The van der Waals surface area contributed by atoms with E-state index < -0.39 is 9.84 Å². The van der Waals surface area contributed by atoms with Gasteiger partial charge in [-0.1, -0.05) is 36.4 Å². The molecule has 0 aliphatic heterocycles. The molecule has 0 unspecified atom stereocenters. The molecule has 2 aromatic rings. The predicted molar refractivity (Wildman–Crippen MR) is 103 cm³/mol. The molecule has 1 aliphatic carbocycles. The number of nitrogens with one attached hydrogen (secondary N) is 1. The fourth-order valence-electron chi connectivity index (χ4n) is 3.39. The Hall–Kier alpha value is -2.14. The summed E-state index contributed by atoms with van der Waals surface area (Å²) in [4.78, 5) is 12.5. The number of hydrogen-bond donors (Lipinski definition) is 1. The molecule has 0 spiro atoms. The lowest BCUT2D eigenvalue weighted by atomic mass is 9.89. The summed E-state index contributed by atoms with van der Waals surface area (Å²) >= 11 is 0. The normalized spacial score (nSPS) is 15.1. The van der Waals surface area contributed by atoms with Crippen molar-refractivity contribution in [1.82, 2.24) is 5.32 Å². The van der Waals surface area contributed by atoms with E-state index in [1.807, 2.05) is 6.92 Å². The summed E-state index contributed by atoms with van der Waals surface area (Å²) in [5.41, 5.74) is 3.86. The van der Waals surface area contributed by atoms with Crippen LogP contribution in [0.25, 0.3) is 0 Å². The van der Waals surface area contributed by atoms with Crippen LogP contribution < -0.4 is 5.32 Å². The van der Waals surface area contributed by atoms with Gasteiger partial charge >= 0.3 is 0 Å². The van der Waals surface area contributed by atoms with Crippen molar-refractivity contribution in [1.29, 1.82) is 0 Å². The number of amides is 1. The van der Waals surface area contributed by atoms with Crippen LogP contribution in [0.2, 0.25) is 0 Å². The SMILES string of the molecule is C[C@H](NC(=O)CCS(=O)(=O)c1ccccc1)c1ccc2c(c1)CCCC2. The van der Waals surface area contributed by atoms with E-state index in [1.54, 1.807) is 30.3 Å². The van der Waals surface area contributed by atoms with Crippen LogP contribution >= 0.6 is 0 Å². The van der Waals surface area contributed by atoms with Crippen LogP contribution in [-0.2, 0) is 27.5 Å². The van der Waals surface area contributed by atoms with Gasteiger partial charge < -0.3 is 5.32 Å². The number of aryl methyl sites for hydroxylation is 2. The zero-order chi connectivity index (χ0) is 18.6. The number of hydrogen-bond acceptors (Lipinski definition) is 3. The molecule has 2 aromatic carbocycles. The number of fused-ring (bicyclic) bond motifs is 1. The van der Waals surface area contributed by atoms with Gasteiger partial charge in [0.1, 0.15) is 0 Å². The fourth-order valence-corrected chi connectivity index (χ4v) is 4.65. The van der Waals surface area contributed by atoms with Gasteiger partial charge in [0.25, 0.3) is 0 Å². The summed E-state index contributed by atoms with van der Waals surface area (Å²) in [6.45, 7) is 1.94. The van der Waals surface area contributed by atoms with Crippen molar-refractivity contribution in [2.75, 3.05) is 5.75 Å². The molecule has 1 amide bonds. The first kappa shape index (κ1) is 18.6. The van der Waals surface area contributed by atoms with E-state index in [0.29, 0.717) is 0 Å². The number of carbonyl (C=O) groups is 1. The van der Waals surface area contributed by atoms with Gasteiger partial charge in [0.15, 0.2) is 9.84 Å². The van der Waals surface area contributed by atoms with E-state index in [4.69, 9.17) is 0 Å². The molecule has 1 atom stereocenters. The Kier molecular flexibility index (Phi) is 5.77. The maximum absolute atomic E-state index is 12.3. The molecule has 3 rings (SSSR count). The maximum atomic E-state index is 12.3. The average Bonchev–Trinajstić information content (AvgIpc) is 2.67. The van der Waals surface area contributed by atoms with Gasteiger partial charge in [-0.15, -0.1) is 0 Å². The number of sulfone groups is 1. The van der Waals surface area contributed by atoms with Crippen LogP contribution in [0.4, 0.5) is 0 Å². The molecule has 1 N–H and O–H groups in total. The van der Waals surface area contributed by atoms with Gasteiger partial charge in [-0.05, 0) is 61.4 Å². The highest BCUT2D eigenvalue weighted by atomic mass is 32.2. The summed E-state index contributed by atoms with van der Waals surface area (Å²) < 4.78 is 24.5. The van der Waals surface area contributed by atoms with Crippen LogP contribution in [-0.4, -0.2) is 20.1 Å². The Morgan fingerprint density at radius 2 is 1.73 bits per heavy atom. The van der Waals surface area contributed by atoms with E-state index in [9.17, 15) is 13.2 Å².